The molecule has 2 aromatic carbocycles. The molecule has 0 fully saturated rings. The molecule has 0 aliphatic heterocycles. The maximum absolute atomic E-state index is 12.3. The second-order valence-electron chi connectivity index (χ2n) is 6.64. The Morgan fingerprint density at radius 2 is 1.76 bits per heavy atom. The molecule has 0 radical (unpaired) electrons. The number of benzene rings is 2. The lowest BCUT2D eigenvalue weighted by molar-refractivity contribution is 0.0734. The van der Waals surface area contributed by atoms with Gasteiger partial charge in [-0.3, -0.25) is 0 Å². The van der Waals surface area contributed by atoms with Crippen molar-refractivity contribution in [1.82, 2.24) is 0 Å². The van der Waals surface area contributed by atoms with E-state index in [1.54, 1.807) is 18.2 Å². The lowest BCUT2D eigenvalue weighted by Gasteiger charge is -2.23. The van der Waals surface area contributed by atoms with Crippen LogP contribution in [-0.2, 0) is 5.41 Å². The molecule has 0 saturated heterocycles. The van der Waals surface area contributed by atoms with Crippen LogP contribution >= 0.6 is 15.9 Å². The van der Waals surface area contributed by atoms with E-state index in [-0.39, 0.29) is 11.4 Å². The number of rotatable bonds is 7. The maximum Gasteiger partial charge on any atom is 0.343 e. The Morgan fingerprint density at radius 1 is 1.08 bits per heavy atom. The topological polar surface area (TPSA) is 35.5 Å². The summed E-state index contributed by atoms with van der Waals surface area (Å²) in [6, 6.07) is 12.9. The van der Waals surface area contributed by atoms with Crippen LogP contribution in [0.1, 0.15) is 56.5 Å². The van der Waals surface area contributed by atoms with Crippen molar-refractivity contribution in [1.29, 1.82) is 0 Å². The third-order valence-electron chi connectivity index (χ3n) is 4.36. The fourth-order valence-electron chi connectivity index (χ4n) is 2.30. The van der Waals surface area contributed by atoms with Gasteiger partial charge in [0, 0.05) is 0 Å². The predicted octanol–water partition coefficient (Wildman–Crippen LogP) is 6.14. The smallest absolute Gasteiger partial charge is 0.343 e. The fraction of sp³-hybridized carbons (Fsp3) is 0.381. The monoisotopic (exact) mass is 404 g/mol. The number of esters is 1. The molecule has 2 aromatic rings. The highest BCUT2D eigenvalue weighted by Gasteiger charge is 2.18. The predicted molar refractivity (Wildman–Crippen MR) is 105 cm³/mol. The first-order chi connectivity index (χ1) is 11.9. The van der Waals surface area contributed by atoms with Crippen LogP contribution in [0.2, 0.25) is 0 Å². The summed E-state index contributed by atoms with van der Waals surface area (Å²) in [5, 5.41) is 0. The first-order valence-corrected chi connectivity index (χ1v) is 9.41. The Bertz CT molecular complexity index is 720. The molecule has 0 heterocycles. The minimum Gasteiger partial charge on any atom is -0.492 e. The van der Waals surface area contributed by atoms with Crippen molar-refractivity contribution in [3.63, 3.8) is 0 Å². The molecular formula is C21H25BrO3. The Labute approximate surface area is 158 Å². The van der Waals surface area contributed by atoms with Gasteiger partial charge in [0.05, 0.1) is 16.6 Å². The molecule has 0 N–H and O–H groups in total. The van der Waals surface area contributed by atoms with Crippen molar-refractivity contribution in [2.75, 3.05) is 6.61 Å². The minimum absolute atomic E-state index is 0.113. The normalized spacial score (nSPS) is 11.2. The molecule has 134 valence electrons. The molecule has 3 nitrogen and oxygen atoms in total. The molecule has 0 aliphatic carbocycles. The van der Waals surface area contributed by atoms with Gasteiger partial charge in [0.15, 0.2) is 0 Å². The van der Waals surface area contributed by atoms with Crippen LogP contribution < -0.4 is 9.47 Å². The van der Waals surface area contributed by atoms with E-state index in [1.165, 1.54) is 5.56 Å². The van der Waals surface area contributed by atoms with Gasteiger partial charge < -0.3 is 9.47 Å². The van der Waals surface area contributed by atoms with Crippen LogP contribution in [0.3, 0.4) is 0 Å². The summed E-state index contributed by atoms with van der Waals surface area (Å²) in [5.41, 5.74) is 1.82. The summed E-state index contributed by atoms with van der Waals surface area (Å²) in [6.45, 7) is 9.26. The van der Waals surface area contributed by atoms with Crippen molar-refractivity contribution in [3.8, 4) is 11.5 Å². The van der Waals surface area contributed by atoms with E-state index in [9.17, 15) is 4.79 Å². The van der Waals surface area contributed by atoms with Gasteiger partial charge in [-0.2, -0.15) is 0 Å². The zero-order valence-electron chi connectivity index (χ0n) is 15.3. The molecule has 4 heteroatoms. The molecule has 2 rings (SSSR count). The van der Waals surface area contributed by atoms with E-state index in [1.807, 2.05) is 31.2 Å². The second kappa shape index (κ2) is 8.52. The number of halogens is 1. The molecule has 25 heavy (non-hydrogen) atoms. The van der Waals surface area contributed by atoms with Gasteiger partial charge in [-0.1, -0.05) is 39.8 Å². The summed E-state index contributed by atoms with van der Waals surface area (Å²) < 4.78 is 11.8. The number of carbonyl (C=O) groups is 1. The molecular weight excluding hydrogens is 380 g/mol. The SMILES string of the molecule is CCCOc1ccc(C(=O)Oc2ccc(C(C)(C)CC)cc2)cc1Br. The molecule has 0 aromatic heterocycles. The lowest BCUT2D eigenvalue weighted by atomic mass is 9.82. The summed E-state index contributed by atoms with van der Waals surface area (Å²) in [5.74, 6) is 0.887. The van der Waals surface area contributed by atoms with Crippen molar-refractivity contribution in [2.24, 2.45) is 0 Å². The van der Waals surface area contributed by atoms with E-state index in [0.29, 0.717) is 17.9 Å². The van der Waals surface area contributed by atoms with Crippen molar-refractivity contribution >= 4 is 21.9 Å². The molecule has 0 saturated carbocycles. The largest absolute Gasteiger partial charge is 0.492 e. The van der Waals surface area contributed by atoms with Crippen LogP contribution in [0.15, 0.2) is 46.9 Å². The number of hydrogen-bond donors (Lipinski definition) is 0. The van der Waals surface area contributed by atoms with Crippen molar-refractivity contribution < 1.29 is 14.3 Å². The lowest BCUT2D eigenvalue weighted by Crippen LogP contribution is -2.15. The van der Waals surface area contributed by atoms with Crippen LogP contribution in [0.25, 0.3) is 0 Å². The van der Waals surface area contributed by atoms with Gasteiger partial charge >= 0.3 is 5.97 Å². The van der Waals surface area contributed by atoms with Gasteiger partial charge in [0.1, 0.15) is 11.5 Å². The highest BCUT2D eigenvalue weighted by Crippen LogP contribution is 2.29. The van der Waals surface area contributed by atoms with Crippen LogP contribution in [-0.4, -0.2) is 12.6 Å². The Balaban J connectivity index is 2.08. The summed E-state index contributed by atoms with van der Waals surface area (Å²) in [4.78, 5) is 12.3. The molecule has 0 aliphatic rings. The standard InChI is InChI=1S/C21H25BrO3/c1-5-13-24-19-12-7-15(14-18(19)22)20(23)25-17-10-8-16(9-11-17)21(3,4)6-2/h7-12,14H,5-6,13H2,1-4H3. The van der Waals surface area contributed by atoms with Crippen LogP contribution in [0.5, 0.6) is 11.5 Å². The van der Waals surface area contributed by atoms with E-state index in [4.69, 9.17) is 9.47 Å². The van der Waals surface area contributed by atoms with Crippen molar-refractivity contribution in [3.05, 3.63) is 58.1 Å². The zero-order chi connectivity index (χ0) is 18.4. The summed E-state index contributed by atoms with van der Waals surface area (Å²) >= 11 is 3.44. The third-order valence-corrected chi connectivity index (χ3v) is 4.98. The second-order valence-corrected chi connectivity index (χ2v) is 7.50. The van der Waals surface area contributed by atoms with Gasteiger partial charge in [-0.05, 0) is 70.1 Å². The average Bonchev–Trinajstić information content (AvgIpc) is 2.61. The van der Waals surface area contributed by atoms with Gasteiger partial charge in [0.25, 0.3) is 0 Å². The minimum atomic E-state index is -0.384. The third kappa shape index (κ3) is 5.08. The highest BCUT2D eigenvalue weighted by atomic mass is 79.9. The Hall–Kier alpha value is -1.81. The highest BCUT2D eigenvalue weighted by molar-refractivity contribution is 9.10. The molecule has 0 spiro atoms. The summed E-state index contributed by atoms with van der Waals surface area (Å²) in [6.07, 6.45) is 1.98. The summed E-state index contributed by atoms with van der Waals surface area (Å²) in [7, 11) is 0. The fourth-order valence-corrected chi connectivity index (χ4v) is 2.79. The quantitative estimate of drug-likeness (QED) is 0.410. The van der Waals surface area contributed by atoms with Crippen LogP contribution in [0, 0.1) is 0 Å². The van der Waals surface area contributed by atoms with E-state index >= 15 is 0 Å². The first kappa shape index (κ1) is 19.5. The van der Waals surface area contributed by atoms with E-state index in [2.05, 4.69) is 36.7 Å². The molecule has 0 unspecified atom stereocenters. The molecule has 0 amide bonds. The molecule has 0 bridgehead atoms. The zero-order valence-corrected chi connectivity index (χ0v) is 16.9. The van der Waals surface area contributed by atoms with E-state index in [0.717, 1.165) is 23.1 Å². The average molecular weight is 405 g/mol. The van der Waals surface area contributed by atoms with Gasteiger partial charge in [-0.25, -0.2) is 4.79 Å². The van der Waals surface area contributed by atoms with E-state index < -0.39 is 0 Å². The van der Waals surface area contributed by atoms with Gasteiger partial charge in [-0.15, -0.1) is 0 Å². The number of carbonyl (C=O) groups excluding carboxylic acids is 1. The number of ether oxygens (including phenoxy) is 2. The van der Waals surface area contributed by atoms with Gasteiger partial charge in [0.2, 0.25) is 0 Å². The van der Waals surface area contributed by atoms with Crippen LogP contribution in [0.4, 0.5) is 0 Å². The maximum atomic E-state index is 12.3. The number of hydrogen-bond acceptors (Lipinski definition) is 3. The Morgan fingerprint density at radius 3 is 2.32 bits per heavy atom. The Kier molecular flexibility index (Phi) is 6.65. The van der Waals surface area contributed by atoms with Crippen molar-refractivity contribution in [2.45, 2.75) is 46.0 Å². The first-order valence-electron chi connectivity index (χ1n) is 8.62. The molecule has 0 atom stereocenters.